The zero-order chi connectivity index (χ0) is 6.57. The van der Waals surface area contributed by atoms with E-state index in [1.54, 1.807) is 19.0 Å². The van der Waals surface area contributed by atoms with E-state index in [-0.39, 0.29) is 0 Å². The van der Waals surface area contributed by atoms with Crippen LogP contribution in [0.25, 0.3) is 0 Å². The summed E-state index contributed by atoms with van der Waals surface area (Å²) in [5.41, 5.74) is 0. The van der Waals surface area contributed by atoms with Gasteiger partial charge in [0.2, 0.25) is 0 Å². The fraction of sp³-hybridized carbons (Fsp3) is 1.00. The summed E-state index contributed by atoms with van der Waals surface area (Å²) in [6, 6.07) is 0. The van der Waals surface area contributed by atoms with Gasteiger partial charge < -0.3 is 0 Å². The van der Waals surface area contributed by atoms with Crippen molar-refractivity contribution in [3.05, 3.63) is 0 Å². The van der Waals surface area contributed by atoms with E-state index in [4.69, 9.17) is 23.7 Å². The molecule has 0 N–H and O–H groups in total. The summed E-state index contributed by atoms with van der Waals surface area (Å²) in [7, 11) is 3.44. The molecule has 0 radical (unpaired) electrons. The Morgan fingerprint density at radius 1 is 1.25 bits per heavy atom. The molecule has 0 unspecified atom stereocenters. The van der Waals surface area contributed by atoms with Crippen molar-refractivity contribution in [1.29, 1.82) is 0 Å². The normalized spacial score (nSPS) is 11.2. The molecule has 0 amide bonds. The average Bonchev–Trinajstić information content (AvgIpc) is 1.69. The molecule has 0 atom stereocenters. The third kappa shape index (κ3) is 2.69. The largest absolute Gasteiger partial charge is 0.259 e. The van der Waals surface area contributed by atoms with Gasteiger partial charge in [-0.15, -0.1) is 0 Å². The Labute approximate surface area is 58.4 Å². The first-order chi connectivity index (χ1) is 3.72. The fourth-order valence-corrected chi connectivity index (χ4v) is 0.602. The van der Waals surface area contributed by atoms with Crippen molar-refractivity contribution in [2.24, 2.45) is 0 Å². The van der Waals surface area contributed by atoms with Gasteiger partial charge in [-0.05, 0) is 14.1 Å². The molecule has 0 aromatic heterocycles. The number of hydrogen-bond acceptors (Lipinski definition) is 3. The van der Waals surface area contributed by atoms with E-state index in [9.17, 15) is 0 Å². The fourth-order valence-electron chi connectivity index (χ4n) is 0.173. The summed E-state index contributed by atoms with van der Waals surface area (Å²) in [5, 5.41) is 0. The van der Waals surface area contributed by atoms with E-state index in [1.165, 1.54) is 0 Å². The van der Waals surface area contributed by atoms with Crippen LogP contribution in [0.5, 0.6) is 0 Å². The van der Waals surface area contributed by atoms with Crippen LogP contribution in [-0.2, 0) is 8.58 Å². The molecule has 0 bridgehead atoms. The molecule has 0 aliphatic carbocycles. The van der Waals surface area contributed by atoms with Gasteiger partial charge in [0, 0.05) is 0 Å². The van der Waals surface area contributed by atoms with Crippen molar-refractivity contribution in [3.63, 3.8) is 0 Å². The van der Waals surface area contributed by atoms with Gasteiger partial charge in [0.1, 0.15) is 0 Å². The van der Waals surface area contributed by atoms with Crippen LogP contribution < -0.4 is 0 Å². The summed E-state index contributed by atoms with van der Waals surface area (Å²) in [6.07, 6.45) is -0.682. The van der Waals surface area contributed by atoms with E-state index in [2.05, 4.69) is 8.58 Å². The second-order valence-electron chi connectivity index (χ2n) is 1.45. The first-order valence-corrected chi connectivity index (χ1v) is 2.55. The Morgan fingerprint density at radius 3 is 1.62 bits per heavy atom. The highest BCUT2D eigenvalue weighted by Gasteiger charge is 2.08. The Hall–Kier alpha value is 0.460. The van der Waals surface area contributed by atoms with Crippen LogP contribution in [-0.4, -0.2) is 25.4 Å². The summed E-state index contributed by atoms with van der Waals surface area (Å²) in [4.78, 5) is 1.57. The molecule has 5 heteroatoms. The lowest BCUT2D eigenvalue weighted by molar-refractivity contribution is -0.0842. The second-order valence-corrected chi connectivity index (χ2v) is 1.81. The number of hydrogen-bond donors (Lipinski definition) is 0. The molecule has 0 aromatic rings. The number of halogens is 2. The van der Waals surface area contributed by atoms with Crippen LogP contribution in [0.4, 0.5) is 0 Å². The minimum absolute atomic E-state index is 0.682. The van der Waals surface area contributed by atoms with Gasteiger partial charge in [0.05, 0.1) is 23.7 Å². The highest BCUT2D eigenvalue weighted by Crippen LogP contribution is 2.01. The van der Waals surface area contributed by atoms with E-state index >= 15 is 0 Å². The van der Waals surface area contributed by atoms with Crippen molar-refractivity contribution in [3.8, 4) is 0 Å². The molecule has 8 heavy (non-hydrogen) atoms. The maximum atomic E-state index is 4.91. The smallest absolute Gasteiger partial charge is 0.254 e. The summed E-state index contributed by atoms with van der Waals surface area (Å²) >= 11 is 9.82. The second kappa shape index (κ2) is 4.35. The van der Waals surface area contributed by atoms with Gasteiger partial charge in [-0.25, -0.2) is 8.58 Å². The van der Waals surface area contributed by atoms with Gasteiger partial charge in [-0.2, -0.15) is 0 Å². The van der Waals surface area contributed by atoms with E-state index < -0.39 is 6.41 Å². The average molecular weight is 160 g/mol. The van der Waals surface area contributed by atoms with Gasteiger partial charge in [-0.1, -0.05) is 0 Å². The van der Waals surface area contributed by atoms with Crippen LogP contribution in [0.15, 0.2) is 0 Å². The lowest BCUT2D eigenvalue weighted by Crippen LogP contribution is -2.28. The van der Waals surface area contributed by atoms with Gasteiger partial charge in [0.15, 0.2) is 0 Å². The molecule has 0 aliphatic heterocycles. The van der Waals surface area contributed by atoms with Gasteiger partial charge >= 0.3 is 0 Å². The molecule has 0 aliphatic rings. The minimum Gasteiger partial charge on any atom is -0.259 e. The van der Waals surface area contributed by atoms with Crippen molar-refractivity contribution < 1.29 is 8.58 Å². The van der Waals surface area contributed by atoms with Crippen LogP contribution >= 0.6 is 23.7 Å². The summed E-state index contributed by atoms with van der Waals surface area (Å²) < 4.78 is 8.41. The standard InChI is InChI=1S/C3H7Cl2NO2/c1-6(2)3(7-4)8-5/h3H,1-2H3. The molecule has 0 saturated carbocycles. The predicted molar refractivity (Wildman–Crippen MR) is 31.4 cm³/mol. The third-order valence-corrected chi connectivity index (χ3v) is 0.879. The summed E-state index contributed by atoms with van der Waals surface area (Å²) in [6.45, 7) is 0. The first kappa shape index (κ1) is 8.46. The molecule has 0 spiro atoms. The van der Waals surface area contributed by atoms with Gasteiger partial charge in [0.25, 0.3) is 6.41 Å². The predicted octanol–water partition coefficient (Wildman–Crippen LogP) is 1.17. The lowest BCUT2D eigenvalue weighted by Gasteiger charge is -2.15. The van der Waals surface area contributed by atoms with Gasteiger partial charge in [-0.3, -0.25) is 4.90 Å². The van der Waals surface area contributed by atoms with Crippen molar-refractivity contribution in [2.45, 2.75) is 6.41 Å². The van der Waals surface area contributed by atoms with Crippen LogP contribution in [0.1, 0.15) is 0 Å². The van der Waals surface area contributed by atoms with Crippen molar-refractivity contribution in [1.82, 2.24) is 4.90 Å². The minimum atomic E-state index is -0.682. The molecule has 0 saturated heterocycles. The highest BCUT2D eigenvalue weighted by molar-refractivity contribution is 6.08. The summed E-state index contributed by atoms with van der Waals surface area (Å²) in [5.74, 6) is 0. The molecular weight excluding hydrogens is 153 g/mol. The number of nitrogens with zero attached hydrogens (tertiary/aromatic N) is 1. The molecule has 0 rings (SSSR count). The van der Waals surface area contributed by atoms with Crippen LogP contribution in [0, 0.1) is 0 Å². The molecule has 0 fully saturated rings. The monoisotopic (exact) mass is 159 g/mol. The SMILES string of the molecule is CN(C)C(OCl)OCl. The maximum absolute atomic E-state index is 4.91. The zero-order valence-electron chi connectivity index (χ0n) is 4.60. The van der Waals surface area contributed by atoms with E-state index in [0.717, 1.165) is 0 Å². The molecular formula is C3H7Cl2NO2. The Kier molecular flexibility index (Phi) is 4.60. The topological polar surface area (TPSA) is 21.7 Å². The van der Waals surface area contributed by atoms with Crippen LogP contribution in [0.3, 0.4) is 0 Å². The zero-order valence-corrected chi connectivity index (χ0v) is 6.11. The highest BCUT2D eigenvalue weighted by atomic mass is 35.5. The third-order valence-electron chi connectivity index (χ3n) is 0.574. The van der Waals surface area contributed by atoms with Crippen molar-refractivity contribution in [2.75, 3.05) is 14.1 Å². The Balaban J connectivity index is 3.35. The van der Waals surface area contributed by atoms with Crippen LogP contribution in [0.2, 0.25) is 0 Å². The maximum Gasteiger partial charge on any atom is 0.254 e. The quantitative estimate of drug-likeness (QED) is 0.578. The van der Waals surface area contributed by atoms with E-state index in [1.807, 2.05) is 0 Å². The lowest BCUT2D eigenvalue weighted by atomic mass is 10.9. The first-order valence-electron chi connectivity index (χ1n) is 1.93. The van der Waals surface area contributed by atoms with Crippen molar-refractivity contribution >= 4 is 23.7 Å². The number of rotatable bonds is 3. The molecule has 0 heterocycles. The molecule has 0 aromatic carbocycles. The Morgan fingerprint density at radius 2 is 1.62 bits per heavy atom. The molecule has 50 valence electrons. The Bertz CT molecular complexity index is 57.2. The van der Waals surface area contributed by atoms with E-state index in [0.29, 0.717) is 0 Å². The molecule has 3 nitrogen and oxygen atoms in total.